The van der Waals surface area contributed by atoms with Crippen molar-refractivity contribution in [2.45, 2.75) is 137 Å². The van der Waals surface area contributed by atoms with Gasteiger partial charge in [0.25, 0.3) is 17.7 Å². The molecule has 15 N–H and O–H groups in total. The monoisotopic (exact) mass is 1660 g/mol. The molecule has 0 aromatic heterocycles. The topological polar surface area (TPSA) is 534 Å². The highest BCUT2D eigenvalue weighted by Crippen LogP contribution is 2.47. The van der Waals surface area contributed by atoms with Crippen LogP contribution in [0.25, 0.3) is 11.1 Å². The molecule has 5 amide bonds. The van der Waals surface area contributed by atoms with Gasteiger partial charge in [-0.1, -0.05) is 36.4 Å². The minimum atomic E-state index is -2.05. The number of ether oxygens (including phenoxy) is 13. The number of aliphatic hydroxyl groups excluding tert-OH is 9. The number of aliphatic carboxylic acids is 2. The number of rotatable bonds is 33. The van der Waals surface area contributed by atoms with Crippen LogP contribution in [0.15, 0.2) is 122 Å². The summed E-state index contributed by atoms with van der Waals surface area (Å²) >= 11 is 0. The summed E-state index contributed by atoms with van der Waals surface area (Å²) in [5.41, 5.74) is 2.10. The number of nitrogens with one attached hydrogen (secondary N) is 2. The Balaban J connectivity index is 0.771. The lowest BCUT2D eigenvalue weighted by molar-refractivity contribution is -0.271. The Morgan fingerprint density at radius 3 is 1.39 bits per heavy atom. The summed E-state index contributed by atoms with van der Waals surface area (Å²) in [4.78, 5) is 106. The van der Waals surface area contributed by atoms with E-state index in [1.165, 1.54) is 106 Å². The third kappa shape index (κ3) is 18.8. The zero-order valence-corrected chi connectivity index (χ0v) is 64.8. The highest BCUT2D eigenvalue weighted by atomic mass is 16.7. The van der Waals surface area contributed by atoms with Gasteiger partial charge in [-0.3, -0.25) is 19.7 Å². The number of unbranched alkanes of at least 4 members (excludes halogenated alkanes) is 2. The number of fused-ring (bicyclic) bond motifs is 4. The van der Waals surface area contributed by atoms with E-state index < -0.39 is 147 Å². The van der Waals surface area contributed by atoms with E-state index in [1.807, 2.05) is 0 Å². The first-order valence-corrected chi connectivity index (χ1v) is 37.5. The zero-order valence-electron chi connectivity index (χ0n) is 64.8. The average molecular weight is 1660 g/mol. The number of carbonyl (C=O) groups is 7. The van der Waals surface area contributed by atoms with Crippen LogP contribution < -0.4 is 64.2 Å². The fourth-order valence-corrected chi connectivity index (χ4v) is 14.3. The van der Waals surface area contributed by atoms with Crippen molar-refractivity contribution in [3.05, 3.63) is 166 Å². The molecule has 2 saturated heterocycles. The number of aliphatic hydroxyl groups is 9. The number of carboxylic acid groups (broad SMARTS) is 2. The van der Waals surface area contributed by atoms with Gasteiger partial charge < -0.3 is 138 Å². The van der Waals surface area contributed by atoms with Crippen LogP contribution in [0.3, 0.4) is 0 Å². The van der Waals surface area contributed by atoms with Gasteiger partial charge in [0.05, 0.1) is 95.0 Å². The molecule has 12 rings (SSSR count). The lowest BCUT2D eigenvalue weighted by atomic mass is 9.99. The zero-order chi connectivity index (χ0) is 85.2. The molecule has 2 fully saturated rings. The SMILES string of the molecule is COCCNC(=O)c1cc(COC(=O)N2c3cc(OCCCCCOc4cc5c(cc4OC)C(=O)N4C=C(c6ccc(OC)cc6)C[C@H]4C(O)N5C(=O)OCc4ccc(O[C@@H]5O[C@H](C(=O)O)[C@@H](O)[C@H](O)[C@H]5O)c(C(O)NCCON)c4)c(OC)cc3C(=O)N3C=C(c4ccc(OC)cc4)C[C@H]3C2O)ccc1O[C@@H]1O[C@H](C(=O)O)[C@@H](O)[C@H](O)[C@H]1O. The molecule has 0 radical (unpaired) electrons. The van der Waals surface area contributed by atoms with Crippen molar-refractivity contribution in [3.63, 3.8) is 0 Å². The Morgan fingerprint density at radius 2 is 0.958 bits per heavy atom. The van der Waals surface area contributed by atoms with Crippen LogP contribution in [0, 0.1) is 0 Å². The predicted octanol–water partition coefficient (Wildman–Crippen LogP) is 2.20. The first kappa shape index (κ1) is 86.8. The molecule has 0 aliphatic carbocycles. The molecule has 0 saturated carbocycles. The molecule has 6 aliphatic heterocycles. The van der Waals surface area contributed by atoms with Crippen LogP contribution >= 0.6 is 0 Å². The van der Waals surface area contributed by atoms with Crippen molar-refractivity contribution < 1.29 is 156 Å². The van der Waals surface area contributed by atoms with Crippen molar-refractivity contribution in [1.82, 2.24) is 20.4 Å². The van der Waals surface area contributed by atoms with Crippen LogP contribution in [0.1, 0.15) is 97.2 Å². The summed E-state index contributed by atoms with van der Waals surface area (Å²) in [6, 6.07) is 25.0. The van der Waals surface area contributed by atoms with Gasteiger partial charge in [0.1, 0.15) is 79.1 Å². The second-order valence-corrected chi connectivity index (χ2v) is 28.1. The summed E-state index contributed by atoms with van der Waals surface area (Å²) in [7, 11) is 7.10. The molecule has 39 heteroatoms. The number of carboxylic acids is 2. The van der Waals surface area contributed by atoms with E-state index in [9.17, 15) is 89.7 Å². The second-order valence-electron chi connectivity index (χ2n) is 28.1. The summed E-state index contributed by atoms with van der Waals surface area (Å²) in [6.45, 7) is -1.26. The van der Waals surface area contributed by atoms with E-state index in [1.54, 1.807) is 60.9 Å². The number of benzene rings is 6. The quantitative estimate of drug-likeness (QED) is 0.0159. The Hall–Kier alpha value is -11.5. The Kier molecular flexibility index (Phi) is 28.1. The number of hydrogen-bond acceptors (Lipinski definition) is 32. The van der Waals surface area contributed by atoms with E-state index >= 15 is 0 Å². The largest absolute Gasteiger partial charge is 0.497 e. The Bertz CT molecular complexity index is 4750. The number of methoxy groups -OCH3 is 5. The van der Waals surface area contributed by atoms with Crippen molar-refractivity contribution in [1.29, 1.82) is 0 Å². The number of amides is 5. The number of hydrogen-bond donors (Lipinski definition) is 14. The first-order valence-electron chi connectivity index (χ1n) is 37.5. The maximum atomic E-state index is 15.0. The van der Waals surface area contributed by atoms with E-state index in [0.717, 1.165) is 9.80 Å². The van der Waals surface area contributed by atoms with Gasteiger partial charge in [-0.25, -0.2) is 34.9 Å². The molecule has 39 nitrogen and oxygen atoms in total. The standard InChI is InChI=1S/C80H91N7O32/c1-106-25-21-82-69(94)49-27-39(9-19-55(49)116-77-65(92)61(88)63(90)67(118-77)75(100)101)37-113-79(104)86-51-33-59(57(109-4)31-47(51)71(96)84-35-43(29-53(84)73(86)98)41-11-15-45(107-2)16-12-41)111-23-7-6-8-24-112-60-34-52-48(32-58(60)110-5)72(97)85-36-44(42-13-17-46(108-3)18-14-42)30-54(85)74(99)87(52)80(105)114-38-40-10-20-56(50(28-40)70(95)83-22-26-115-81)117-78-66(93)62(89)64(91)68(119-78)76(102)103/h9-20,27-28,31-36,53-54,61-68,70,73-74,77-78,83,88-93,95,98-99H,6-8,21-26,29-30,37-38,81H2,1-5H3,(H,82,94)(H,100,101)(H,102,103)/t53-,54-,61-,62-,63-,64-,65+,66+,67-,68-,70?,73?,74?,77+,78+/m0/s1. The van der Waals surface area contributed by atoms with Gasteiger partial charge in [0.15, 0.2) is 47.7 Å². The van der Waals surface area contributed by atoms with E-state index in [4.69, 9.17) is 67.5 Å². The minimum absolute atomic E-state index is 0.00697. The molecular weight excluding hydrogens is 1570 g/mol. The van der Waals surface area contributed by atoms with Crippen LogP contribution in [-0.4, -0.2) is 269 Å². The molecule has 3 unspecified atom stereocenters. The molecule has 6 aromatic rings. The Morgan fingerprint density at radius 1 is 0.504 bits per heavy atom. The molecule has 6 heterocycles. The number of carbonyl (C=O) groups excluding carboxylic acids is 5. The lowest BCUT2D eigenvalue weighted by Crippen LogP contribution is -2.61. The smallest absolute Gasteiger partial charge is 0.416 e. The highest BCUT2D eigenvalue weighted by Gasteiger charge is 2.52. The van der Waals surface area contributed by atoms with Gasteiger partial charge >= 0.3 is 24.1 Å². The lowest BCUT2D eigenvalue weighted by Gasteiger charge is -2.38. The van der Waals surface area contributed by atoms with Crippen LogP contribution in [0.4, 0.5) is 21.0 Å². The summed E-state index contributed by atoms with van der Waals surface area (Å²) in [6.07, 6.45) is -23.3. The molecule has 119 heavy (non-hydrogen) atoms. The minimum Gasteiger partial charge on any atom is -0.497 e. The van der Waals surface area contributed by atoms with Crippen LogP contribution in [0.2, 0.25) is 0 Å². The van der Waals surface area contributed by atoms with E-state index in [0.29, 0.717) is 53.0 Å². The molecule has 6 aromatic carbocycles. The molecule has 0 spiro atoms. The highest BCUT2D eigenvalue weighted by molar-refractivity contribution is 6.08. The third-order valence-electron chi connectivity index (χ3n) is 20.7. The maximum Gasteiger partial charge on any atom is 0.416 e. The van der Waals surface area contributed by atoms with Crippen molar-refractivity contribution in [3.8, 4) is 46.0 Å². The normalized spacial score (nSPS) is 24.0. The first-order chi connectivity index (χ1) is 57.2. The fraction of sp³-hybridized carbons (Fsp3) is 0.412. The molecule has 6 aliphatic rings. The number of anilines is 2. The fourth-order valence-electron chi connectivity index (χ4n) is 14.3. The van der Waals surface area contributed by atoms with Crippen molar-refractivity contribution >= 4 is 64.4 Å². The third-order valence-corrected chi connectivity index (χ3v) is 20.7. The summed E-state index contributed by atoms with van der Waals surface area (Å²) in [5, 5.41) is 125. The molecular formula is C80H91N7O32. The predicted molar refractivity (Wildman–Crippen MR) is 409 cm³/mol. The Labute approximate surface area is 678 Å². The van der Waals surface area contributed by atoms with Gasteiger partial charge in [-0.05, 0) is 126 Å². The van der Waals surface area contributed by atoms with Crippen LogP contribution in [-0.2, 0) is 51.3 Å². The number of nitrogens with zero attached hydrogens (tertiary/aromatic N) is 4. The van der Waals surface area contributed by atoms with Gasteiger partial charge in [-0.2, -0.15) is 0 Å². The molecule has 15 atom stereocenters. The number of nitrogens with two attached hydrogens (primary N) is 1. The molecule has 638 valence electrons. The molecule has 0 bridgehead atoms. The maximum absolute atomic E-state index is 15.0. The second kappa shape index (κ2) is 38.5. The van der Waals surface area contributed by atoms with E-state index in [2.05, 4.69) is 15.5 Å². The summed E-state index contributed by atoms with van der Waals surface area (Å²) in [5.74, 6) is 0.599. The van der Waals surface area contributed by atoms with E-state index in [-0.39, 0.29) is 132 Å². The van der Waals surface area contributed by atoms with Crippen molar-refractivity contribution in [2.75, 3.05) is 84.9 Å². The van der Waals surface area contributed by atoms with Crippen molar-refractivity contribution in [2.24, 2.45) is 5.90 Å². The van der Waals surface area contributed by atoms with Crippen LogP contribution in [0.5, 0.6) is 46.0 Å². The average Bonchev–Trinajstić information content (AvgIpc) is 1.61. The van der Waals surface area contributed by atoms with Gasteiger partial charge in [-0.15, -0.1) is 0 Å². The van der Waals surface area contributed by atoms with Gasteiger partial charge in [0.2, 0.25) is 12.6 Å². The summed E-state index contributed by atoms with van der Waals surface area (Å²) < 4.78 is 74.2. The van der Waals surface area contributed by atoms with Gasteiger partial charge in [0, 0.05) is 50.3 Å².